The third-order valence-electron chi connectivity index (χ3n) is 5.80. The molecule has 0 unspecified atom stereocenters. The summed E-state index contributed by atoms with van der Waals surface area (Å²) in [6.07, 6.45) is 0.948. The monoisotopic (exact) mass is 423 g/mol. The van der Waals surface area contributed by atoms with Crippen molar-refractivity contribution in [3.05, 3.63) is 58.0 Å². The molecule has 0 amide bonds. The molecule has 0 spiro atoms. The summed E-state index contributed by atoms with van der Waals surface area (Å²) in [7, 11) is 0. The lowest BCUT2D eigenvalue weighted by molar-refractivity contribution is 0.244. The number of phenolic OH excluding ortho intramolecular Hbond substituents is 2. The van der Waals surface area contributed by atoms with Crippen LogP contribution < -0.4 is 11.0 Å². The molecule has 0 aliphatic carbocycles. The first-order valence-corrected chi connectivity index (χ1v) is 10.7. The predicted molar refractivity (Wildman–Crippen MR) is 120 cm³/mol. The molecule has 1 aliphatic heterocycles. The van der Waals surface area contributed by atoms with Crippen molar-refractivity contribution in [2.45, 2.75) is 26.2 Å². The molecule has 1 aromatic heterocycles. The summed E-state index contributed by atoms with van der Waals surface area (Å²) >= 11 is 0. The molecule has 3 aromatic rings. The summed E-state index contributed by atoms with van der Waals surface area (Å²) < 4.78 is 1.44. The van der Waals surface area contributed by atoms with Crippen LogP contribution in [0.3, 0.4) is 0 Å². The van der Waals surface area contributed by atoms with Crippen LogP contribution in [0.5, 0.6) is 11.5 Å². The van der Waals surface area contributed by atoms with E-state index >= 15 is 0 Å². The smallest absolute Gasteiger partial charge is 0.348 e. The molecule has 8 nitrogen and oxygen atoms in total. The van der Waals surface area contributed by atoms with Gasteiger partial charge < -0.3 is 20.4 Å². The summed E-state index contributed by atoms with van der Waals surface area (Å²) in [5.74, 6) is 0.246. The number of aromatic amines is 1. The molecular formula is C23H29N5O3. The lowest BCUT2D eigenvalue weighted by Gasteiger charge is -2.27. The first kappa shape index (κ1) is 21.1. The molecule has 1 saturated heterocycles. The zero-order chi connectivity index (χ0) is 22.0. The average molecular weight is 424 g/mol. The molecule has 2 heterocycles. The fourth-order valence-corrected chi connectivity index (χ4v) is 3.99. The molecule has 0 saturated carbocycles. The van der Waals surface area contributed by atoms with Crippen LogP contribution in [-0.2, 0) is 6.42 Å². The van der Waals surface area contributed by atoms with Gasteiger partial charge in [-0.3, -0.25) is 0 Å². The van der Waals surface area contributed by atoms with E-state index in [1.54, 1.807) is 6.07 Å². The van der Waals surface area contributed by atoms with Crippen molar-refractivity contribution < 1.29 is 10.2 Å². The zero-order valence-electron chi connectivity index (χ0n) is 17.9. The van der Waals surface area contributed by atoms with Gasteiger partial charge in [0.2, 0.25) is 0 Å². The van der Waals surface area contributed by atoms with Crippen molar-refractivity contribution in [2.24, 2.45) is 0 Å². The Morgan fingerprint density at radius 2 is 1.77 bits per heavy atom. The molecule has 31 heavy (non-hydrogen) atoms. The summed E-state index contributed by atoms with van der Waals surface area (Å²) in [6.45, 7) is 9.12. The largest absolute Gasteiger partial charge is 0.508 e. The van der Waals surface area contributed by atoms with Gasteiger partial charge in [-0.15, -0.1) is 0 Å². The SMILES string of the molecule is CC(C)c1cc(-c2n[nH]c(=O)n2-c2ccc(CCN3CCNCC3)cc2)c(O)cc1O. The predicted octanol–water partition coefficient (Wildman–Crippen LogP) is 2.21. The van der Waals surface area contributed by atoms with Crippen LogP contribution in [0.15, 0.2) is 41.2 Å². The van der Waals surface area contributed by atoms with E-state index in [0.29, 0.717) is 22.6 Å². The standard InChI is InChI=1S/C23H29N5O3/c1-15(2)18-13-19(21(30)14-20(18)29)22-25-26-23(31)28(22)17-5-3-16(4-6-17)7-10-27-11-8-24-9-12-27/h3-6,13-15,24,29-30H,7-12H2,1-2H3,(H,26,31). The summed E-state index contributed by atoms with van der Waals surface area (Å²) in [5, 5.41) is 30.6. The van der Waals surface area contributed by atoms with Crippen LogP contribution in [0.2, 0.25) is 0 Å². The van der Waals surface area contributed by atoms with Gasteiger partial charge in [0.25, 0.3) is 0 Å². The molecule has 4 rings (SSSR count). The number of nitrogens with one attached hydrogen (secondary N) is 2. The summed E-state index contributed by atoms with van der Waals surface area (Å²) in [4.78, 5) is 15.0. The van der Waals surface area contributed by atoms with Gasteiger partial charge in [0, 0.05) is 38.8 Å². The van der Waals surface area contributed by atoms with Crippen LogP contribution in [0, 0.1) is 0 Å². The fraction of sp³-hybridized carbons (Fsp3) is 0.391. The van der Waals surface area contributed by atoms with Crippen molar-refractivity contribution in [2.75, 3.05) is 32.7 Å². The van der Waals surface area contributed by atoms with E-state index in [-0.39, 0.29) is 23.1 Å². The molecule has 0 radical (unpaired) electrons. The third kappa shape index (κ3) is 4.50. The van der Waals surface area contributed by atoms with E-state index in [4.69, 9.17) is 0 Å². The van der Waals surface area contributed by atoms with Gasteiger partial charge >= 0.3 is 5.69 Å². The number of rotatable bonds is 6. The Kier molecular flexibility index (Phi) is 6.11. The van der Waals surface area contributed by atoms with Gasteiger partial charge in [0.05, 0.1) is 11.3 Å². The molecule has 1 aliphatic rings. The van der Waals surface area contributed by atoms with E-state index < -0.39 is 0 Å². The number of aromatic nitrogens is 3. The molecular weight excluding hydrogens is 394 g/mol. The van der Waals surface area contributed by atoms with Crippen LogP contribution >= 0.6 is 0 Å². The Morgan fingerprint density at radius 1 is 1.06 bits per heavy atom. The van der Waals surface area contributed by atoms with Crippen molar-refractivity contribution in [1.29, 1.82) is 0 Å². The van der Waals surface area contributed by atoms with E-state index in [2.05, 4.69) is 20.4 Å². The normalized spacial score (nSPS) is 14.9. The molecule has 2 aromatic carbocycles. The second-order valence-electron chi connectivity index (χ2n) is 8.28. The van der Waals surface area contributed by atoms with E-state index in [9.17, 15) is 15.0 Å². The highest BCUT2D eigenvalue weighted by Gasteiger charge is 2.19. The topological polar surface area (TPSA) is 106 Å². The number of piperazine rings is 1. The Hall–Kier alpha value is -3.10. The van der Waals surface area contributed by atoms with Crippen LogP contribution in [0.25, 0.3) is 17.1 Å². The number of aromatic hydroxyl groups is 2. The third-order valence-corrected chi connectivity index (χ3v) is 5.80. The lowest BCUT2D eigenvalue weighted by atomic mass is 9.98. The minimum Gasteiger partial charge on any atom is -0.508 e. The summed E-state index contributed by atoms with van der Waals surface area (Å²) in [6, 6.07) is 10.8. The first-order chi connectivity index (χ1) is 14.9. The molecule has 164 valence electrons. The van der Waals surface area contributed by atoms with Gasteiger partial charge in [-0.2, -0.15) is 5.10 Å². The summed E-state index contributed by atoms with van der Waals surface area (Å²) in [5.41, 5.74) is 2.55. The van der Waals surface area contributed by atoms with E-state index in [1.807, 2.05) is 38.1 Å². The Morgan fingerprint density at radius 3 is 2.45 bits per heavy atom. The van der Waals surface area contributed by atoms with Gasteiger partial charge in [0.15, 0.2) is 5.82 Å². The number of phenols is 2. The quantitative estimate of drug-likeness (QED) is 0.484. The van der Waals surface area contributed by atoms with Gasteiger partial charge in [-0.05, 0) is 41.7 Å². The Balaban J connectivity index is 1.61. The van der Waals surface area contributed by atoms with Gasteiger partial charge in [-0.1, -0.05) is 26.0 Å². The molecule has 4 N–H and O–H groups in total. The highest BCUT2D eigenvalue weighted by Crippen LogP contribution is 2.37. The first-order valence-electron chi connectivity index (χ1n) is 10.7. The second-order valence-corrected chi connectivity index (χ2v) is 8.28. The average Bonchev–Trinajstić information content (AvgIpc) is 3.14. The minimum atomic E-state index is -0.387. The maximum atomic E-state index is 12.5. The van der Waals surface area contributed by atoms with Crippen LogP contribution in [-0.4, -0.2) is 62.6 Å². The highest BCUT2D eigenvalue weighted by atomic mass is 16.3. The van der Waals surface area contributed by atoms with Crippen molar-refractivity contribution in [3.63, 3.8) is 0 Å². The zero-order valence-corrected chi connectivity index (χ0v) is 17.9. The van der Waals surface area contributed by atoms with Gasteiger partial charge in [-0.25, -0.2) is 14.5 Å². The molecule has 0 bridgehead atoms. The van der Waals surface area contributed by atoms with Crippen molar-refractivity contribution in [1.82, 2.24) is 25.0 Å². The number of nitrogens with zero attached hydrogens (tertiary/aromatic N) is 3. The number of hydrogen-bond acceptors (Lipinski definition) is 6. The highest BCUT2D eigenvalue weighted by molar-refractivity contribution is 5.69. The lowest BCUT2D eigenvalue weighted by Crippen LogP contribution is -2.44. The molecule has 8 heteroatoms. The Bertz CT molecular complexity index is 1100. The molecule has 1 fully saturated rings. The van der Waals surface area contributed by atoms with Crippen LogP contribution in [0.4, 0.5) is 0 Å². The molecule has 0 atom stereocenters. The van der Waals surface area contributed by atoms with E-state index in [1.165, 1.54) is 16.2 Å². The number of H-pyrrole nitrogens is 1. The van der Waals surface area contributed by atoms with Crippen molar-refractivity contribution >= 4 is 0 Å². The number of hydrogen-bond donors (Lipinski definition) is 4. The number of benzene rings is 2. The Labute approximate surface area is 181 Å². The van der Waals surface area contributed by atoms with Crippen molar-refractivity contribution in [3.8, 4) is 28.6 Å². The maximum Gasteiger partial charge on any atom is 0.348 e. The van der Waals surface area contributed by atoms with Crippen LogP contribution in [0.1, 0.15) is 30.9 Å². The van der Waals surface area contributed by atoms with Gasteiger partial charge in [0.1, 0.15) is 11.5 Å². The fourth-order valence-electron chi connectivity index (χ4n) is 3.99. The van der Waals surface area contributed by atoms with E-state index in [0.717, 1.165) is 39.1 Å². The maximum absolute atomic E-state index is 12.5. The second kappa shape index (κ2) is 8.95. The minimum absolute atomic E-state index is 0.0227.